The van der Waals surface area contributed by atoms with Crippen LogP contribution in [-0.2, 0) is 14.4 Å². The van der Waals surface area contributed by atoms with Gasteiger partial charge in [-0.3, -0.25) is 9.59 Å². The number of hydrogen-bond donors (Lipinski definition) is 7. The molecule has 1 aromatic carbocycles. The van der Waals surface area contributed by atoms with Gasteiger partial charge in [0.05, 0.1) is 17.2 Å². The Labute approximate surface area is 339 Å². The SMILES string of the molecule is C/C(C(=O)O)=C(/O)[C@@H](O)[C@H]1[C@@H](N=C(N)N)C=C[C@@]2(C[C@@]3(O)C=C[C@]4(O)C5=C6C(=O)C[C@@]2(C)[C@]53CCC#CC[C@]2(C)C(=O)CC[C@@]6(C)[C@@H]2[C@@H]4/C=C/c2ccccc2)[C@@H]1C. The smallest absolute Gasteiger partial charge is 0.334 e. The molecule has 0 saturated heterocycles. The van der Waals surface area contributed by atoms with E-state index in [2.05, 4.69) is 23.8 Å². The van der Waals surface area contributed by atoms with Crippen molar-refractivity contribution in [3.05, 3.63) is 88.8 Å². The van der Waals surface area contributed by atoms with E-state index in [1.165, 1.54) is 6.92 Å². The minimum atomic E-state index is -1.80. The van der Waals surface area contributed by atoms with Crippen molar-refractivity contribution in [2.75, 3.05) is 0 Å². The van der Waals surface area contributed by atoms with Crippen molar-refractivity contribution in [1.29, 1.82) is 0 Å². The first kappa shape index (κ1) is 40.0. The van der Waals surface area contributed by atoms with Crippen LogP contribution in [-0.4, -0.2) is 72.4 Å². The lowest BCUT2D eigenvalue weighted by atomic mass is 9.34. The number of aliphatic carboxylic acids is 1. The van der Waals surface area contributed by atoms with Crippen LogP contribution in [0.4, 0.5) is 0 Å². The number of carboxylic acids is 1. The fraction of sp³-hybridized carbons (Fsp3) is 0.532. The Morgan fingerprint density at radius 1 is 1.00 bits per heavy atom. The van der Waals surface area contributed by atoms with E-state index in [0.29, 0.717) is 24.0 Å². The number of guanidine groups is 1. The number of aliphatic imine (C=N–C) groups is 1. The minimum Gasteiger partial charge on any atom is -0.509 e. The van der Waals surface area contributed by atoms with E-state index in [0.717, 1.165) is 5.56 Å². The molecule has 306 valence electrons. The summed E-state index contributed by atoms with van der Waals surface area (Å²) < 4.78 is 0. The van der Waals surface area contributed by atoms with Gasteiger partial charge in [0.1, 0.15) is 23.2 Å². The molecule has 2 spiro atoms. The standard InChI is InChI=1S/C47H55N3O8/c1-26(39(55)56)35(53)36(54)33-27(2)44(21-16-30(33)50-40(48)49)25-45(57)22-23-46(58)29(15-14-28-12-8-6-9-13-28)37-41(3)18-10-7-11-19-47(45)38(46)34(31(51)24-43(44,47)5)42(37,4)20-17-32(41)52/h6,8-9,12-16,21-23,27,29-30,33,36-37,53-54,57-58H,11,17-20,24-25H2,1-5H3,(H,55,56)(H4,48,49,50)/b15-14+,35-26-/t27-,29+,30+,33-,36+,37-,41-,42-,43-,44-,45+,46-,47+/m1/s1. The number of aliphatic hydroxyl groups is 4. The molecule has 13 atom stereocenters. The maximum absolute atomic E-state index is 15.6. The Kier molecular flexibility index (Phi) is 8.88. The Hall–Kier alpha value is -4.76. The molecule has 7 aliphatic rings. The number of hydrogen-bond acceptors (Lipinski definition) is 8. The Bertz CT molecular complexity index is 2260. The highest BCUT2D eigenvalue weighted by atomic mass is 16.4. The number of aliphatic hydroxyl groups excluding tert-OH is 2. The van der Waals surface area contributed by atoms with Crippen molar-refractivity contribution in [3.8, 4) is 11.8 Å². The molecule has 2 saturated carbocycles. The number of carbonyl (C=O) groups excluding carboxylic acids is 2. The molecular weight excluding hydrogens is 735 g/mol. The van der Waals surface area contributed by atoms with E-state index in [1.807, 2.05) is 69.3 Å². The van der Waals surface area contributed by atoms with Gasteiger partial charge in [-0.2, -0.15) is 0 Å². The summed E-state index contributed by atoms with van der Waals surface area (Å²) in [6, 6.07) is 8.84. The highest BCUT2D eigenvalue weighted by Crippen LogP contribution is 2.83. The first-order valence-electron chi connectivity index (χ1n) is 20.4. The van der Waals surface area contributed by atoms with Crippen molar-refractivity contribution in [2.24, 2.45) is 67.2 Å². The highest BCUT2D eigenvalue weighted by molar-refractivity contribution is 6.02. The molecule has 11 heteroatoms. The number of nitrogens with zero attached hydrogens (tertiary/aromatic N) is 1. The molecule has 2 fully saturated rings. The average molecular weight is 790 g/mol. The third-order valence-electron chi connectivity index (χ3n) is 16.6. The van der Waals surface area contributed by atoms with E-state index in [9.17, 15) is 35.1 Å². The number of rotatable bonds is 6. The van der Waals surface area contributed by atoms with Gasteiger partial charge in [-0.25, -0.2) is 9.79 Å². The predicted octanol–water partition coefficient (Wildman–Crippen LogP) is 4.93. The monoisotopic (exact) mass is 789 g/mol. The van der Waals surface area contributed by atoms with Gasteiger partial charge in [0, 0.05) is 64.8 Å². The van der Waals surface area contributed by atoms with Crippen LogP contribution in [0, 0.1) is 62.6 Å². The third-order valence-corrected chi connectivity index (χ3v) is 16.6. The summed E-state index contributed by atoms with van der Waals surface area (Å²) in [5, 5.41) is 60.5. The highest BCUT2D eigenvalue weighted by Gasteiger charge is 2.83. The first-order valence-corrected chi connectivity index (χ1v) is 20.4. The second-order valence-corrected chi connectivity index (χ2v) is 19.0. The lowest BCUT2D eigenvalue weighted by Crippen LogP contribution is -2.71. The second-order valence-electron chi connectivity index (χ2n) is 19.0. The van der Waals surface area contributed by atoms with Gasteiger partial charge in [0.2, 0.25) is 0 Å². The van der Waals surface area contributed by atoms with Crippen LogP contribution in [0.25, 0.3) is 6.08 Å². The van der Waals surface area contributed by atoms with Crippen LogP contribution in [0.2, 0.25) is 0 Å². The maximum atomic E-state index is 15.6. The number of fused-ring (bicyclic) bond motifs is 2. The lowest BCUT2D eigenvalue weighted by molar-refractivity contribution is -0.169. The lowest BCUT2D eigenvalue weighted by Gasteiger charge is -2.69. The zero-order valence-electron chi connectivity index (χ0n) is 33.8. The summed E-state index contributed by atoms with van der Waals surface area (Å²) in [6.07, 6.45) is 10.8. The van der Waals surface area contributed by atoms with Gasteiger partial charge >= 0.3 is 5.97 Å². The number of benzene rings is 1. The van der Waals surface area contributed by atoms with Crippen molar-refractivity contribution in [1.82, 2.24) is 0 Å². The van der Waals surface area contributed by atoms with E-state index >= 15 is 4.79 Å². The van der Waals surface area contributed by atoms with Crippen molar-refractivity contribution >= 4 is 29.6 Å². The largest absolute Gasteiger partial charge is 0.509 e. The number of carboxylic acid groups (broad SMARTS) is 1. The molecule has 0 aromatic heterocycles. The quantitative estimate of drug-likeness (QED) is 0.0515. The number of ketones is 2. The third kappa shape index (κ3) is 4.85. The van der Waals surface area contributed by atoms with Gasteiger partial charge in [-0.15, -0.1) is 11.8 Å². The van der Waals surface area contributed by atoms with Crippen molar-refractivity contribution in [3.63, 3.8) is 0 Å². The number of allylic oxidation sites excluding steroid dienone is 2. The zero-order chi connectivity index (χ0) is 42.0. The summed E-state index contributed by atoms with van der Waals surface area (Å²) in [6.45, 7) is 9.10. The van der Waals surface area contributed by atoms with Crippen molar-refractivity contribution < 1.29 is 39.9 Å². The van der Waals surface area contributed by atoms with Gasteiger partial charge < -0.3 is 37.0 Å². The molecule has 0 radical (unpaired) electrons. The number of nitrogens with two attached hydrogens (primary N) is 2. The van der Waals surface area contributed by atoms with Crippen molar-refractivity contribution in [2.45, 2.75) is 103 Å². The zero-order valence-corrected chi connectivity index (χ0v) is 33.8. The van der Waals surface area contributed by atoms with Crippen LogP contribution in [0.15, 0.2) is 88.2 Å². The summed E-state index contributed by atoms with van der Waals surface area (Å²) in [5.74, 6) is 1.32. The summed E-state index contributed by atoms with van der Waals surface area (Å²) in [7, 11) is 0. The van der Waals surface area contributed by atoms with Gasteiger partial charge in [-0.05, 0) is 60.6 Å². The summed E-state index contributed by atoms with van der Waals surface area (Å²) >= 11 is 0. The molecule has 9 N–H and O–H groups in total. The topological polar surface area (TPSA) is 217 Å². The van der Waals surface area contributed by atoms with Gasteiger partial charge in [0.25, 0.3) is 0 Å². The fourth-order valence-electron chi connectivity index (χ4n) is 14.0. The Balaban J connectivity index is 1.44. The molecule has 0 heterocycles. The molecule has 0 amide bonds. The molecule has 4 bridgehead atoms. The average Bonchev–Trinajstić information content (AvgIpc) is 3.32. The molecule has 8 rings (SSSR count). The summed E-state index contributed by atoms with van der Waals surface area (Å²) in [4.78, 5) is 46.3. The maximum Gasteiger partial charge on any atom is 0.334 e. The second kappa shape index (κ2) is 12.9. The van der Waals surface area contributed by atoms with Crippen LogP contribution >= 0.6 is 0 Å². The molecule has 11 nitrogen and oxygen atoms in total. The molecule has 0 aliphatic heterocycles. The number of Topliss-reactive ketones (excluding diaryl/α,β-unsaturated/α-hetero) is 2. The van der Waals surface area contributed by atoms with Gasteiger partial charge in [-0.1, -0.05) is 88.4 Å². The predicted molar refractivity (Wildman–Crippen MR) is 218 cm³/mol. The van der Waals surface area contributed by atoms with E-state index in [1.54, 1.807) is 18.2 Å². The van der Waals surface area contributed by atoms with Crippen LogP contribution in [0.5, 0.6) is 0 Å². The van der Waals surface area contributed by atoms with Crippen LogP contribution < -0.4 is 11.5 Å². The number of carbonyl (C=O) groups is 3. The molecule has 58 heavy (non-hydrogen) atoms. The van der Waals surface area contributed by atoms with Crippen LogP contribution in [0.3, 0.4) is 0 Å². The molecule has 1 aromatic rings. The molecule has 7 aliphatic carbocycles. The summed E-state index contributed by atoms with van der Waals surface area (Å²) in [5.41, 5.74) is 4.39. The van der Waals surface area contributed by atoms with E-state index in [4.69, 9.17) is 11.5 Å². The molecular formula is C47H55N3O8. The van der Waals surface area contributed by atoms with Gasteiger partial charge in [0.15, 0.2) is 11.7 Å². The Morgan fingerprint density at radius 3 is 2.38 bits per heavy atom. The van der Waals surface area contributed by atoms with E-state index < -0.39 is 91.4 Å². The molecule has 0 unspecified atom stereocenters. The Morgan fingerprint density at radius 2 is 1.71 bits per heavy atom. The van der Waals surface area contributed by atoms with Crippen LogP contribution in [0.1, 0.15) is 85.1 Å². The minimum absolute atomic E-state index is 0.0244. The fourth-order valence-corrected chi connectivity index (χ4v) is 14.0. The first-order chi connectivity index (χ1) is 27.2. The normalized spacial score (nSPS) is 44.4. The van der Waals surface area contributed by atoms with E-state index in [-0.39, 0.29) is 49.6 Å².